The van der Waals surface area contributed by atoms with Crippen LogP contribution in [0.5, 0.6) is 6.01 Å². The number of anilines is 1. The average Bonchev–Trinajstić information content (AvgIpc) is 2.71. The number of aryl methyl sites for hydroxylation is 1. The molecule has 0 saturated carbocycles. The van der Waals surface area contributed by atoms with Gasteiger partial charge in [-0.3, -0.25) is 0 Å². The number of ether oxygens (including phenoxy) is 1. The van der Waals surface area contributed by atoms with Gasteiger partial charge < -0.3 is 10.1 Å². The third-order valence-electron chi connectivity index (χ3n) is 2.02. The van der Waals surface area contributed by atoms with E-state index in [9.17, 15) is 0 Å². The lowest BCUT2D eigenvalue weighted by atomic mass is 10.4. The number of nitrogens with one attached hydrogen (secondary N) is 1. The molecule has 0 unspecified atom stereocenters. The Hall–Kier alpha value is -1.47. The molecule has 1 N–H and O–H groups in total. The van der Waals surface area contributed by atoms with E-state index in [1.54, 1.807) is 16.8 Å². The molecule has 2 heterocycles. The first-order valence-corrected chi connectivity index (χ1v) is 6.03. The Bertz CT molecular complexity index is 518. The number of aromatic nitrogens is 4. The molecule has 0 aliphatic heterocycles. The Labute approximate surface area is 107 Å². The quantitative estimate of drug-likeness (QED) is 0.916. The summed E-state index contributed by atoms with van der Waals surface area (Å²) in [5, 5.41) is 3.14. The van der Waals surface area contributed by atoms with Crippen LogP contribution in [-0.4, -0.2) is 27.0 Å². The zero-order chi connectivity index (χ0) is 12.3. The van der Waals surface area contributed by atoms with Gasteiger partial charge >= 0.3 is 6.01 Å². The number of nitrogens with zero attached hydrogens (tertiary/aromatic N) is 4. The summed E-state index contributed by atoms with van der Waals surface area (Å²) in [6.07, 6.45) is 0. The number of rotatable bonds is 4. The molecule has 0 aromatic carbocycles. The molecule has 0 aliphatic carbocycles. The van der Waals surface area contributed by atoms with E-state index in [0.717, 1.165) is 10.6 Å². The lowest BCUT2D eigenvalue weighted by Gasteiger charge is -2.05. The molecule has 90 valence electrons. The Morgan fingerprint density at radius 3 is 2.88 bits per heavy atom. The maximum absolute atomic E-state index is 5.73. The van der Waals surface area contributed by atoms with Crippen LogP contribution in [0.2, 0.25) is 5.28 Å². The van der Waals surface area contributed by atoms with Crippen LogP contribution < -0.4 is 10.1 Å². The van der Waals surface area contributed by atoms with E-state index in [0.29, 0.717) is 12.5 Å². The predicted molar refractivity (Wildman–Crippen MR) is 65.6 cm³/mol. The molecule has 0 bridgehead atoms. The third-order valence-corrected chi connectivity index (χ3v) is 3.13. The van der Waals surface area contributed by atoms with E-state index in [1.807, 2.05) is 6.92 Å². The predicted octanol–water partition coefficient (Wildman–Crippen LogP) is 1.91. The zero-order valence-corrected chi connectivity index (χ0v) is 10.8. The number of halogens is 1. The normalized spacial score (nSPS) is 10.3. The first-order valence-electron chi connectivity index (χ1n) is 4.77. The van der Waals surface area contributed by atoms with Crippen LogP contribution in [0.15, 0.2) is 5.51 Å². The summed E-state index contributed by atoms with van der Waals surface area (Å²) in [4.78, 5) is 17.0. The molecule has 8 heteroatoms. The van der Waals surface area contributed by atoms with Crippen LogP contribution in [0.4, 0.5) is 5.95 Å². The second-order valence-corrected chi connectivity index (χ2v) is 4.41. The number of hydrogen-bond donors (Lipinski definition) is 1. The molecule has 2 rings (SSSR count). The molecule has 0 spiro atoms. The summed E-state index contributed by atoms with van der Waals surface area (Å²) in [5.74, 6) is 0.384. The fourth-order valence-corrected chi connectivity index (χ4v) is 2.03. The highest BCUT2D eigenvalue weighted by molar-refractivity contribution is 7.09. The monoisotopic (exact) mass is 271 g/mol. The van der Waals surface area contributed by atoms with E-state index in [4.69, 9.17) is 16.3 Å². The van der Waals surface area contributed by atoms with E-state index in [2.05, 4.69) is 25.3 Å². The van der Waals surface area contributed by atoms with Crippen molar-refractivity contribution < 1.29 is 4.74 Å². The first kappa shape index (κ1) is 12.0. The van der Waals surface area contributed by atoms with Crippen molar-refractivity contribution in [3.05, 3.63) is 21.4 Å². The molecular weight excluding hydrogens is 262 g/mol. The topological polar surface area (TPSA) is 72.8 Å². The fourth-order valence-electron chi connectivity index (χ4n) is 1.16. The molecule has 6 nitrogen and oxygen atoms in total. The second kappa shape index (κ2) is 5.24. The summed E-state index contributed by atoms with van der Waals surface area (Å²) in [6, 6.07) is 0.188. The molecule has 0 radical (unpaired) electrons. The van der Waals surface area contributed by atoms with Crippen molar-refractivity contribution in [2.24, 2.45) is 0 Å². The molecule has 0 atom stereocenters. The summed E-state index contributed by atoms with van der Waals surface area (Å²) in [7, 11) is 1.47. The lowest BCUT2D eigenvalue weighted by Crippen LogP contribution is -2.05. The summed E-state index contributed by atoms with van der Waals surface area (Å²) in [6.45, 7) is 2.55. The van der Waals surface area contributed by atoms with Gasteiger partial charge in [-0.15, -0.1) is 11.3 Å². The molecule has 0 amide bonds. The van der Waals surface area contributed by atoms with Crippen LogP contribution in [0.1, 0.15) is 10.6 Å². The third kappa shape index (κ3) is 3.01. The van der Waals surface area contributed by atoms with Crippen LogP contribution in [0.3, 0.4) is 0 Å². The van der Waals surface area contributed by atoms with Gasteiger partial charge in [0.05, 0.1) is 24.9 Å². The van der Waals surface area contributed by atoms with Crippen molar-refractivity contribution in [3.63, 3.8) is 0 Å². The molecule has 0 fully saturated rings. The fraction of sp³-hybridized carbons (Fsp3) is 0.333. The Morgan fingerprint density at radius 1 is 1.41 bits per heavy atom. The van der Waals surface area contributed by atoms with Crippen molar-refractivity contribution >= 4 is 28.9 Å². The van der Waals surface area contributed by atoms with E-state index >= 15 is 0 Å². The highest BCUT2D eigenvalue weighted by atomic mass is 35.5. The average molecular weight is 272 g/mol. The van der Waals surface area contributed by atoms with Gasteiger partial charge in [-0.05, 0) is 18.5 Å². The van der Waals surface area contributed by atoms with E-state index in [1.165, 1.54) is 7.11 Å². The minimum Gasteiger partial charge on any atom is -0.467 e. The van der Waals surface area contributed by atoms with Crippen molar-refractivity contribution in [2.45, 2.75) is 13.5 Å². The van der Waals surface area contributed by atoms with Gasteiger partial charge in [-0.25, -0.2) is 4.98 Å². The van der Waals surface area contributed by atoms with Gasteiger partial charge in [0.25, 0.3) is 0 Å². The number of hydrogen-bond acceptors (Lipinski definition) is 7. The van der Waals surface area contributed by atoms with Gasteiger partial charge in [-0.1, -0.05) is 0 Å². The Balaban J connectivity index is 2.09. The maximum Gasteiger partial charge on any atom is 0.322 e. The zero-order valence-electron chi connectivity index (χ0n) is 9.27. The SMILES string of the molecule is COc1nc(Cl)nc(NCc2scnc2C)n1. The van der Waals surface area contributed by atoms with Gasteiger partial charge in [-0.2, -0.15) is 15.0 Å². The summed E-state index contributed by atoms with van der Waals surface area (Å²) in [5.41, 5.74) is 2.79. The van der Waals surface area contributed by atoms with E-state index < -0.39 is 0 Å². The minimum absolute atomic E-state index is 0.0976. The number of methoxy groups -OCH3 is 1. The highest BCUT2D eigenvalue weighted by Crippen LogP contribution is 2.15. The van der Waals surface area contributed by atoms with Crippen molar-refractivity contribution in [1.82, 2.24) is 19.9 Å². The van der Waals surface area contributed by atoms with Gasteiger partial charge in [0.2, 0.25) is 11.2 Å². The van der Waals surface area contributed by atoms with Crippen LogP contribution in [0, 0.1) is 6.92 Å². The standard InChI is InChI=1S/C9H10ClN5OS/c1-5-6(17-4-12-5)3-11-8-13-7(10)14-9(15-8)16-2/h4H,3H2,1-2H3,(H,11,13,14,15). The van der Waals surface area contributed by atoms with Gasteiger partial charge in [0.1, 0.15) is 0 Å². The van der Waals surface area contributed by atoms with Crippen LogP contribution in [0.25, 0.3) is 0 Å². The molecule has 17 heavy (non-hydrogen) atoms. The smallest absolute Gasteiger partial charge is 0.322 e. The van der Waals surface area contributed by atoms with Crippen LogP contribution >= 0.6 is 22.9 Å². The summed E-state index contributed by atoms with van der Waals surface area (Å²) >= 11 is 7.30. The summed E-state index contributed by atoms with van der Waals surface area (Å²) < 4.78 is 4.90. The highest BCUT2D eigenvalue weighted by Gasteiger charge is 2.06. The van der Waals surface area contributed by atoms with E-state index in [-0.39, 0.29) is 11.3 Å². The maximum atomic E-state index is 5.73. The number of thiazole rings is 1. The van der Waals surface area contributed by atoms with Crippen molar-refractivity contribution in [2.75, 3.05) is 12.4 Å². The van der Waals surface area contributed by atoms with Crippen molar-refractivity contribution in [3.8, 4) is 6.01 Å². The molecule has 0 aliphatic rings. The molecule has 2 aromatic heterocycles. The molecule has 0 saturated heterocycles. The van der Waals surface area contributed by atoms with Gasteiger partial charge in [0, 0.05) is 4.88 Å². The largest absolute Gasteiger partial charge is 0.467 e. The Kier molecular flexibility index (Phi) is 3.70. The molecular formula is C9H10ClN5OS. The second-order valence-electron chi connectivity index (χ2n) is 3.13. The first-order chi connectivity index (χ1) is 8.19. The minimum atomic E-state index is 0.0976. The lowest BCUT2D eigenvalue weighted by molar-refractivity contribution is 0.379. The Morgan fingerprint density at radius 2 is 2.24 bits per heavy atom. The van der Waals surface area contributed by atoms with Crippen LogP contribution in [-0.2, 0) is 6.54 Å². The van der Waals surface area contributed by atoms with Gasteiger partial charge in [0.15, 0.2) is 0 Å². The molecule has 2 aromatic rings. The van der Waals surface area contributed by atoms with Crippen molar-refractivity contribution in [1.29, 1.82) is 0 Å².